The van der Waals surface area contributed by atoms with Crippen molar-refractivity contribution in [1.82, 2.24) is 20.1 Å². The first kappa shape index (κ1) is 25.7. The largest absolute Gasteiger partial charge is 0.345 e. The van der Waals surface area contributed by atoms with Gasteiger partial charge in [0.25, 0.3) is 5.91 Å². The van der Waals surface area contributed by atoms with E-state index in [2.05, 4.69) is 36.3 Å². The molecule has 3 aromatic carbocycles. The monoisotopic (exact) mass is 518 g/mol. The van der Waals surface area contributed by atoms with Crippen LogP contribution in [0.2, 0.25) is 5.02 Å². The van der Waals surface area contributed by atoms with Gasteiger partial charge in [0.15, 0.2) is 16.8 Å². The zero-order valence-corrected chi connectivity index (χ0v) is 21.9. The van der Waals surface area contributed by atoms with Crippen LogP contribution in [-0.4, -0.2) is 32.2 Å². The van der Waals surface area contributed by atoms with Gasteiger partial charge in [0.1, 0.15) is 0 Å². The van der Waals surface area contributed by atoms with E-state index in [1.165, 1.54) is 11.8 Å². The molecule has 0 fully saturated rings. The van der Waals surface area contributed by atoms with Crippen LogP contribution in [0.15, 0.2) is 84.0 Å². The number of benzene rings is 3. The molecular weight excluding hydrogens is 492 g/mol. The van der Waals surface area contributed by atoms with Crippen LogP contribution < -0.4 is 5.32 Å². The molecule has 36 heavy (non-hydrogen) atoms. The Kier molecular flexibility index (Phi) is 7.91. The quantitative estimate of drug-likeness (QED) is 0.224. The van der Waals surface area contributed by atoms with Gasteiger partial charge in [-0.1, -0.05) is 92.7 Å². The molecule has 0 aliphatic rings. The molecule has 4 rings (SSSR count). The van der Waals surface area contributed by atoms with Gasteiger partial charge in [0.2, 0.25) is 0 Å². The van der Waals surface area contributed by atoms with Gasteiger partial charge in [-0.25, -0.2) is 0 Å². The number of ketones is 1. The molecular formula is C28H27ClN4O2S. The van der Waals surface area contributed by atoms with E-state index in [9.17, 15) is 9.59 Å². The van der Waals surface area contributed by atoms with E-state index in [0.29, 0.717) is 27.1 Å². The molecule has 1 heterocycles. The molecule has 1 N–H and O–H groups in total. The third kappa shape index (κ3) is 6.22. The van der Waals surface area contributed by atoms with Crippen LogP contribution in [0.3, 0.4) is 0 Å². The lowest BCUT2D eigenvalue weighted by Gasteiger charge is -2.19. The Hall–Kier alpha value is -3.42. The maximum absolute atomic E-state index is 12.8. The summed E-state index contributed by atoms with van der Waals surface area (Å²) in [6, 6.07) is 24.0. The highest BCUT2D eigenvalue weighted by molar-refractivity contribution is 7.99. The van der Waals surface area contributed by atoms with Crippen LogP contribution in [0.25, 0.3) is 5.69 Å². The third-order valence-corrected chi connectivity index (χ3v) is 6.78. The number of carbonyl (C=O) groups is 2. The van der Waals surface area contributed by atoms with E-state index in [0.717, 1.165) is 11.3 Å². The highest BCUT2D eigenvalue weighted by Crippen LogP contribution is 2.25. The minimum absolute atomic E-state index is 0.00481. The van der Waals surface area contributed by atoms with Crippen molar-refractivity contribution in [1.29, 1.82) is 0 Å². The Balaban J connectivity index is 1.53. The lowest BCUT2D eigenvalue weighted by Crippen LogP contribution is -2.25. The minimum Gasteiger partial charge on any atom is -0.345 e. The van der Waals surface area contributed by atoms with E-state index < -0.39 is 0 Å². The second kappa shape index (κ2) is 11.1. The Morgan fingerprint density at radius 3 is 2.31 bits per heavy atom. The molecule has 4 aromatic rings. The van der Waals surface area contributed by atoms with Crippen molar-refractivity contribution in [2.24, 2.45) is 0 Å². The van der Waals surface area contributed by atoms with Gasteiger partial charge in [-0.2, -0.15) is 0 Å². The molecule has 0 unspecified atom stereocenters. The first-order chi connectivity index (χ1) is 17.2. The number of hydrogen-bond acceptors (Lipinski definition) is 5. The minimum atomic E-state index is -0.204. The molecule has 184 valence electrons. The molecule has 0 aliphatic heterocycles. The van der Waals surface area contributed by atoms with Gasteiger partial charge < -0.3 is 5.32 Å². The highest BCUT2D eigenvalue weighted by Gasteiger charge is 2.18. The van der Waals surface area contributed by atoms with Crippen LogP contribution in [0.1, 0.15) is 52.9 Å². The number of aromatic nitrogens is 3. The van der Waals surface area contributed by atoms with E-state index in [4.69, 9.17) is 11.6 Å². The molecule has 0 saturated heterocycles. The second-order valence-electron chi connectivity index (χ2n) is 9.30. The Morgan fingerprint density at radius 1 is 0.917 bits per heavy atom. The van der Waals surface area contributed by atoms with Crippen molar-refractivity contribution >= 4 is 35.1 Å². The number of Topliss-reactive ketones (excluding diaryl/α,β-unsaturated/α-hetero) is 1. The molecule has 0 spiro atoms. The van der Waals surface area contributed by atoms with E-state index in [1.807, 2.05) is 59.2 Å². The molecule has 1 amide bonds. The zero-order valence-electron chi connectivity index (χ0n) is 20.4. The summed E-state index contributed by atoms with van der Waals surface area (Å²) < 4.78 is 1.82. The predicted molar refractivity (Wildman–Crippen MR) is 144 cm³/mol. The second-order valence-corrected chi connectivity index (χ2v) is 10.7. The van der Waals surface area contributed by atoms with Crippen molar-refractivity contribution in [3.63, 3.8) is 0 Å². The number of amides is 1. The first-order valence-corrected chi connectivity index (χ1v) is 12.9. The Morgan fingerprint density at radius 2 is 1.64 bits per heavy atom. The summed E-state index contributed by atoms with van der Waals surface area (Å²) >= 11 is 7.53. The van der Waals surface area contributed by atoms with Crippen molar-refractivity contribution in [2.75, 3.05) is 5.75 Å². The van der Waals surface area contributed by atoms with Crippen molar-refractivity contribution in [2.45, 2.75) is 37.9 Å². The molecule has 0 atom stereocenters. The number of nitrogens with zero attached hydrogens (tertiary/aromatic N) is 3. The average molecular weight is 519 g/mol. The van der Waals surface area contributed by atoms with E-state index in [-0.39, 0.29) is 29.4 Å². The number of halogens is 1. The number of nitrogens with one attached hydrogen (secondary N) is 1. The maximum Gasteiger partial charge on any atom is 0.251 e. The summed E-state index contributed by atoms with van der Waals surface area (Å²) in [5, 5.41) is 12.6. The van der Waals surface area contributed by atoms with Gasteiger partial charge in [-0.3, -0.25) is 14.2 Å². The SMILES string of the molecule is CC(C)(C)c1ccc(C(=O)NCc2nnc(SCC(=O)c3ccccc3)n2-c2cccc(Cl)c2)cc1. The van der Waals surface area contributed by atoms with Crippen LogP contribution >= 0.6 is 23.4 Å². The predicted octanol–water partition coefficient (Wildman–Crippen LogP) is 6.12. The molecule has 6 nitrogen and oxygen atoms in total. The average Bonchev–Trinajstić information content (AvgIpc) is 3.28. The summed E-state index contributed by atoms with van der Waals surface area (Å²) in [6.07, 6.45) is 0. The van der Waals surface area contributed by atoms with Gasteiger partial charge >= 0.3 is 0 Å². The van der Waals surface area contributed by atoms with E-state index >= 15 is 0 Å². The first-order valence-electron chi connectivity index (χ1n) is 11.5. The Labute approximate surface area is 220 Å². The topological polar surface area (TPSA) is 76.9 Å². The van der Waals surface area contributed by atoms with Crippen LogP contribution in [0.4, 0.5) is 0 Å². The summed E-state index contributed by atoms with van der Waals surface area (Å²) in [4.78, 5) is 25.4. The van der Waals surface area contributed by atoms with Crippen molar-refractivity contribution in [3.05, 3.63) is 106 Å². The fourth-order valence-corrected chi connectivity index (χ4v) is 4.65. The van der Waals surface area contributed by atoms with Gasteiger partial charge in [-0.05, 0) is 41.3 Å². The molecule has 0 saturated carbocycles. The Bertz CT molecular complexity index is 1360. The fraction of sp³-hybridized carbons (Fsp3) is 0.214. The van der Waals surface area contributed by atoms with Gasteiger partial charge in [-0.15, -0.1) is 10.2 Å². The summed E-state index contributed by atoms with van der Waals surface area (Å²) in [7, 11) is 0. The van der Waals surface area contributed by atoms with Gasteiger partial charge in [0, 0.05) is 16.1 Å². The molecule has 0 bridgehead atoms. The van der Waals surface area contributed by atoms with Crippen LogP contribution in [0, 0.1) is 0 Å². The lowest BCUT2D eigenvalue weighted by molar-refractivity contribution is 0.0948. The summed E-state index contributed by atoms with van der Waals surface area (Å²) in [5.41, 5.74) is 3.13. The molecule has 8 heteroatoms. The highest BCUT2D eigenvalue weighted by atomic mass is 35.5. The molecule has 0 radical (unpaired) electrons. The van der Waals surface area contributed by atoms with E-state index in [1.54, 1.807) is 24.3 Å². The standard InChI is InChI=1S/C28H27ClN4O2S/c1-28(2,3)21-14-12-20(13-15-21)26(35)30-17-25-31-32-27(33(25)23-11-7-10-22(29)16-23)36-18-24(34)19-8-5-4-6-9-19/h4-16H,17-18H2,1-3H3,(H,30,35). The maximum atomic E-state index is 12.8. The smallest absolute Gasteiger partial charge is 0.251 e. The van der Waals surface area contributed by atoms with Gasteiger partial charge in [0.05, 0.1) is 18.0 Å². The normalized spacial score (nSPS) is 11.3. The number of thioether (sulfide) groups is 1. The molecule has 1 aromatic heterocycles. The summed E-state index contributed by atoms with van der Waals surface area (Å²) in [5.74, 6) is 0.529. The summed E-state index contributed by atoms with van der Waals surface area (Å²) in [6.45, 7) is 6.56. The number of rotatable bonds is 8. The number of hydrogen-bond donors (Lipinski definition) is 1. The molecule has 0 aliphatic carbocycles. The number of carbonyl (C=O) groups excluding carboxylic acids is 2. The lowest BCUT2D eigenvalue weighted by atomic mass is 9.87. The fourth-order valence-electron chi connectivity index (χ4n) is 3.60. The zero-order chi connectivity index (χ0) is 25.7. The van der Waals surface area contributed by atoms with Crippen LogP contribution in [0.5, 0.6) is 0 Å². The third-order valence-electron chi connectivity index (χ3n) is 5.62. The van der Waals surface area contributed by atoms with Crippen molar-refractivity contribution < 1.29 is 9.59 Å². The van der Waals surface area contributed by atoms with Crippen molar-refractivity contribution in [3.8, 4) is 5.69 Å². The van der Waals surface area contributed by atoms with Crippen LogP contribution in [-0.2, 0) is 12.0 Å².